The summed E-state index contributed by atoms with van der Waals surface area (Å²) in [7, 11) is 3.37. The summed E-state index contributed by atoms with van der Waals surface area (Å²) in [6.07, 6.45) is 1.10. The molecule has 0 saturated heterocycles. The number of hydrogen-bond donors (Lipinski definition) is 2. The van der Waals surface area contributed by atoms with E-state index >= 15 is 0 Å². The summed E-state index contributed by atoms with van der Waals surface area (Å²) in [4.78, 5) is 24.4. The van der Waals surface area contributed by atoms with Crippen LogP contribution in [0, 0.1) is 0 Å². The van der Waals surface area contributed by atoms with Crippen molar-refractivity contribution in [1.29, 1.82) is 0 Å². The van der Waals surface area contributed by atoms with Gasteiger partial charge in [-0.15, -0.1) is 0 Å². The molecule has 0 aliphatic carbocycles. The first-order chi connectivity index (χ1) is 8.04. The van der Waals surface area contributed by atoms with Gasteiger partial charge in [0, 0.05) is 32.8 Å². The predicted molar refractivity (Wildman–Crippen MR) is 63.6 cm³/mol. The van der Waals surface area contributed by atoms with Gasteiger partial charge < -0.3 is 10.2 Å². The predicted octanol–water partition coefficient (Wildman–Crippen LogP) is 0.180. The lowest BCUT2D eigenvalue weighted by Gasteiger charge is -2.09. The number of H-pyrrole nitrogens is 1. The topological polar surface area (TPSA) is 78.1 Å². The first kappa shape index (κ1) is 13.2. The van der Waals surface area contributed by atoms with Crippen LogP contribution in [0.4, 0.5) is 0 Å². The molecule has 0 aromatic carbocycles. The molecular weight excluding hydrogens is 220 g/mol. The molecule has 94 valence electrons. The summed E-state index contributed by atoms with van der Waals surface area (Å²) in [5.74, 6) is -0.269. The molecule has 1 aromatic heterocycles. The summed E-state index contributed by atoms with van der Waals surface area (Å²) >= 11 is 0. The zero-order chi connectivity index (χ0) is 12.8. The molecule has 0 fully saturated rings. The third kappa shape index (κ3) is 3.90. The quantitative estimate of drug-likeness (QED) is 0.768. The van der Waals surface area contributed by atoms with Gasteiger partial charge in [0.1, 0.15) is 5.69 Å². The van der Waals surface area contributed by atoms with Crippen LogP contribution in [0.3, 0.4) is 0 Å². The molecule has 0 saturated carbocycles. The van der Waals surface area contributed by atoms with E-state index in [9.17, 15) is 9.59 Å². The number of aromatic nitrogens is 2. The Morgan fingerprint density at radius 3 is 2.71 bits per heavy atom. The van der Waals surface area contributed by atoms with E-state index in [4.69, 9.17) is 0 Å². The monoisotopic (exact) mass is 238 g/mol. The molecule has 0 bridgehead atoms. The Balaban J connectivity index is 2.37. The lowest BCUT2D eigenvalue weighted by molar-refractivity contribution is -0.128. The van der Waals surface area contributed by atoms with Gasteiger partial charge in [0.2, 0.25) is 5.91 Å². The second-order valence-electron chi connectivity index (χ2n) is 3.93. The molecule has 17 heavy (non-hydrogen) atoms. The highest BCUT2D eigenvalue weighted by atomic mass is 16.2. The van der Waals surface area contributed by atoms with E-state index < -0.39 is 0 Å². The molecule has 0 aliphatic rings. The number of rotatable bonds is 5. The zero-order valence-corrected chi connectivity index (χ0v) is 10.4. The highest BCUT2D eigenvalue weighted by molar-refractivity contribution is 5.92. The summed E-state index contributed by atoms with van der Waals surface area (Å²) in [5.41, 5.74) is 1.28. The highest BCUT2D eigenvalue weighted by Crippen LogP contribution is 1.99. The lowest BCUT2D eigenvalue weighted by Crippen LogP contribution is -2.30. The summed E-state index contributed by atoms with van der Waals surface area (Å²) in [5, 5.41) is 9.31. The van der Waals surface area contributed by atoms with Crippen LogP contribution in [0.2, 0.25) is 0 Å². The number of hydrogen-bond acceptors (Lipinski definition) is 3. The SMILES string of the molecule is CCc1cc(C(=O)NCCC(=O)N(C)C)n[nH]1. The van der Waals surface area contributed by atoms with E-state index in [0.717, 1.165) is 12.1 Å². The second kappa shape index (κ2) is 6.03. The van der Waals surface area contributed by atoms with Gasteiger partial charge in [0.05, 0.1) is 0 Å². The van der Waals surface area contributed by atoms with Crippen molar-refractivity contribution in [2.24, 2.45) is 0 Å². The number of nitrogens with zero attached hydrogens (tertiary/aromatic N) is 2. The molecule has 0 radical (unpaired) electrons. The van der Waals surface area contributed by atoms with Crippen molar-refractivity contribution in [3.05, 3.63) is 17.5 Å². The Bertz CT molecular complexity index is 398. The highest BCUT2D eigenvalue weighted by Gasteiger charge is 2.10. The van der Waals surface area contributed by atoms with Crippen LogP contribution in [-0.4, -0.2) is 47.6 Å². The Hall–Kier alpha value is -1.85. The van der Waals surface area contributed by atoms with Gasteiger partial charge >= 0.3 is 0 Å². The minimum Gasteiger partial charge on any atom is -0.350 e. The van der Waals surface area contributed by atoms with Gasteiger partial charge in [-0.1, -0.05) is 6.92 Å². The Morgan fingerprint density at radius 2 is 2.18 bits per heavy atom. The Morgan fingerprint density at radius 1 is 1.47 bits per heavy atom. The largest absolute Gasteiger partial charge is 0.350 e. The average Bonchev–Trinajstić information content (AvgIpc) is 2.77. The molecule has 1 heterocycles. The molecule has 1 rings (SSSR count). The fourth-order valence-electron chi connectivity index (χ4n) is 1.26. The second-order valence-corrected chi connectivity index (χ2v) is 3.93. The van der Waals surface area contributed by atoms with Crippen molar-refractivity contribution in [1.82, 2.24) is 20.4 Å². The van der Waals surface area contributed by atoms with E-state index in [1.54, 1.807) is 20.2 Å². The number of aryl methyl sites for hydroxylation is 1. The van der Waals surface area contributed by atoms with Gasteiger partial charge in [-0.3, -0.25) is 14.7 Å². The molecule has 2 N–H and O–H groups in total. The zero-order valence-electron chi connectivity index (χ0n) is 10.4. The third-order valence-corrected chi connectivity index (χ3v) is 2.37. The van der Waals surface area contributed by atoms with Crippen LogP contribution < -0.4 is 5.32 Å². The van der Waals surface area contributed by atoms with E-state index in [0.29, 0.717) is 18.7 Å². The molecule has 0 unspecified atom stereocenters. The smallest absolute Gasteiger partial charge is 0.271 e. The fraction of sp³-hybridized carbons (Fsp3) is 0.545. The van der Waals surface area contributed by atoms with Crippen LogP contribution in [0.15, 0.2) is 6.07 Å². The van der Waals surface area contributed by atoms with Gasteiger partial charge in [-0.05, 0) is 12.5 Å². The van der Waals surface area contributed by atoms with Crippen molar-refractivity contribution < 1.29 is 9.59 Å². The number of amides is 2. The molecular formula is C11H18N4O2. The van der Waals surface area contributed by atoms with Crippen LogP contribution in [0.5, 0.6) is 0 Å². The van der Waals surface area contributed by atoms with E-state index in [2.05, 4.69) is 15.5 Å². The fourth-order valence-corrected chi connectivity index (χ4v) is 1.26. The Labute approximate surface area is 100 Å². The lowest BCUT2D eigenvalue weighted by atomic mass is 10.3. The van der Waals surface area contributed by atoms with Crippen LogP contribution >= 0.6 is 0 Å². The summed E-state index contributed by atoms with van der Waals surface area (Å²) in [6.45, 7) is 2.30. The summed E-state index contributed by atoms with van der Waals surface area (Å²) < 4.78 is 0. The molecule has 6 nitrogen and oxygen atoms in total. The number of aromatic amines is 1. The van der Waals surface area contributed by atoms with E-state index in [1.165, 1.54) is 4.90 Å². The maximum atomic E-state index is 11.6. The molecule has 0 aliphatic heterocycles. The van der Waals surface area contributed by atoms with Gasteiger partial charge in [-0.25, -0.2) is 0 Å². The van der Waals surface area contributed by atoms with Gasteiger partial charge in [0.25, 0.3) is 5.91 Å². The molecule has 2 amide bonds. The Kier molecular flexibility index (Phi) is 4.68. The summed E-state index contributed by atoms with van der Waals surface area (Å²) in [6, 6.07) is 1.71. The number of carbonyl (C=O) groups is 2. The molecule has 6 heteroatoms. The van der Waals surface area contributed by atoms with Gasteiger partial charge in [0.15, 0.2) is 0 Å². The van der Waals surface area contributed by atoms with Crippen LogP contribution in [-0.2, 0) is 11.2 Å². The van der Waals surface area contributed by atoms with Crippen molar-refractivity contribution in [3.63, 3.8) is 0 Å². The average molecular weight is 238 g/mol. The van der Waals surface area contributed by atoms with Crippen molar-refractivity contribution in [3.8, 4) is 0 Å². The number of carbonyl (C=O) groups excluding carboxylic acids is 2. The minimum absolute atomic E-state index is 0.0124. The van der Waals surface area contributed by atoms with Crippen molar-refractivity contribution in [2.45, 2.75) is 19.8 Å². The minimum atomic E-state index is -0.257. The maximum Gasteiger partial charge on any atom is 0.271 e. The van der Waals surface area contributed by atoms with Gasteiger partial charge in [-0.2, -0.15) is 5.10 Å². The standard InChI is InChI=1S/C11H18N4O2/c1-4-8-7-9(14-13-8)11(17)12-6-5-10(16)15(2)3/h7H,4-6H2,1-3H3,(H,12,17)(H,13,14). The molecule has 1 aromatic rings. The first-order valence-corrected chi connectivity index (χ1v) is 5.57. The van der Waals surface area contributed by atoms with Crippen LogP contribution in [0.1, 0.15) is 29.5 Å². The number of nitrogens with one attached hydrogen (secondary N) is 2. The maximum absolute atomic E-state index is 11.6. The molecule has 0 spiro atoms. The third-order valence-electron chi connectivity index (χ3n) is 2.37. The van der Waals surface area contributed by atoms with Crippen molar-refractivity contribution in [2.75, 3.05) is 20.6 Å². The normalized spacial score (nSPS) is 10.1. The molecule has 0 atom stereocenters. The van der Waals surface area contributed by atoms with Crippen LogP contribution in [0.25, 0.3) is 0 Å². The first-order valence-electron chi connectivity index (χ1n) is 5.57. The van der Waals surface area contributed by atoms with Crippen molar-refractivity contribution >= 4 is 11.8 Å². The van der Waals surface area contributed by atoms with E-state index in [1.807, 2.05) is 6.92 Å². The van der Waals surface area contributed by atoms with E-state index in [-0.39, 0.29) is 11.8 Å².